The highest BCUT2D eigenvalue weighted by Gasteiger charge is 2.13. The van der Waals surface area contributed by atoms with E-state index in [1.807, 2.05) is 12.1 Å². The van der Waals surface area contributed by atoms with Crippen molar-refractivity contribution in [2.45, 2.75) is 20.1 Å². The summed E-state index contributed by atoms with van der Waals surface area (Å²) < 4.78 is 12.6. The summed E-state index contributed by atoms with van der Waals surface area (Å²) in [6.45, 7) is 9.93. The molecule has 0 unspecified atom stereocenters. The summed E-state index contributed by atoms with van der Waals surface area (Å²) in [6.07, 6.45) is 0. The lowest BCUT2D eigenvalue weighted by atomic mass is 10.1. The highest BCUT2D eigenvalue weighted by atomic mass is 79.9. The second kappa shape index (κ2) is 10.8. The zero-order valence-corrected chi connectivity index (χ0v) is 18.3. The van der Waals surface area contributed by atoms with Crippen molar-refractivity contribution in [1.29, 1.82) is 0 Å². The largest absolute Gasteiger partial charge is 0.493 e. The Labute approximate surface area is 176 Å². The number of rotatable bonds is 9. The van der Waals surface area contributed by atoms with Crippen molar-refractivity contribution in [3.63, 3.8) is 0 Å². The Morgan fingerprint density at radius 2 is 1.96 bits per heavy atom. The first kappa shape index (κ1) is 21.1. The monoisotopic (exact) mass is 447 g/mol. The van der Waals surface area contributed by atoms with Gasteiger partial charge in [0.05, 0.1) is 11.6 Å². The molecule has 2 N–H and O–H groups in total. The molecule has 0 saturated carbocycles. The van der Waals surface area contributed by atoms with Gasteiger partial charge in [-0.3, -0.25) is 4.90 Å². The molecule has 2 aromatic carbocycles. The van der Waals surface area contributed by atoms with Crippen molar-refractivity contribution in [2.75, 3.05) is 46.4 Å². The molecule has 0 radical (unpaired) electrons. The molecule has 1 fully saturated rings. The van der Waals surface area contributed by atoms with Crippen LogP contribution < -0.4 is 20.1 Å². The fourth-order valence-corrected chi connectivity index (χ4v) is 3.95. The van der Waals surface area contributed by atoms with Crippen LogP contribution in [0.2, 0.25) is 0 Å². The molecule has 3 rings (SSSR count). The lowest BCUT2D eigenvalue weighted by Gasteiger charge is -2.27. The van der Waals surface area contributed by atoms with Crippen LogP contribution in [-0.2, 0) is 13.2 Å². The third-order valence-corrected chi connectivity index (χ3v) is 5.66. The molecular formula is C22H30BrN3O2. The van der Waals surface area contributed by atoms with Crippen LogP contribution in [0, 0.1) is 6.92 Å². The Hall–Kier alpha value is -1.60. The van der Waals surface area contributed by atoms with Crippen LogP contribution >= 0.6 is 15.9 Å². The summed E-state index contributed by atoms with van der Waals surface area (Å²) in [4.78, 5) is 2.49. The second-order valence-electron chi connectivity index (χ2n) is 7.09. The Morgan fingerprint density at radius 3 is 2.71 bits per heavy atom. The molecule has 1 heterocycles. The molecule has 1 aliphatic rings. The molecule has 28 heavy (non-hydrogen) atoms. The van der Waals surface area contributed by atoms with Crippen molar-refractivity contribution in [2.24, 2.45) is 0 Å². The molecule has 0 bridgehead atoms. The SMILES string of the molecule is COc1cc(CNCCN2CCNCC2)cc(Br)c1OCc1ccccc1C. The first-order valence-corrected chi connectivity index (χ1v) is 10.6. The quantitative estimate of drug-likeness (QED) is 0.577. The van der Waals surface area contributed by atoms with Crippen molar-refractivity contribution < 1.29 is 9.47 Å². The maximum atomic E-state index is 6.08. The number of piperazine rings is 1. The third kappa shape index (κ3) is 5.95. The molecule has 152 valence electrons. The molecule has 1 saturated heterocycles. The van der Waals surface area contributed by atoms with Gasteiger partial charge in [0.1, 0.15) is 6.61 Å². The van der Waals surface area contributed by atoms with Crippen molar-refractivity contribution in [1.82, 2.24) is 15.5 Å². The summed E-state index contributed by atoms with van der Waals surface area (Å²) in [7, 11) is 1.68. The van der Waals surface area contributed by atoms with Crippen molar-refractivity contribution >= 4 is 15.9 Å². The van der Waals surface area contributed by atoms with Gasteiger partial charge in [0.15, 0.2) is 11.5 Å². The molecule has 5 nitrogen and oxygen atoms in total. The Balaban J connectivity index is 1.55. The van der Waals surface area contributed by atoms with Crippen LogP contribution in [0.15, 0.2) is 40.9 Å². The first-order valence-electron chi connectivity index (χ1n) is 9.85. The Morgan fingerprint density at radius 1 is 1.18 bits per heavy atom. The molecule has 2 aromatic rings. The zero-order valence-electron chi connectivity index (χ0n) is 16.8. The number of nitrogens with one attached hydrogen (secondary N) is 2. The number of aryl methyl sites for hydroxylation is 1. The van der Waals surface area contributed by atoms with E-state index < -0.39 is 0 Å². The van der Waals surface area contributed by atoms with Crippen molar-refractivity contribution in [3.05, 3.63) is 57.6 Å². The van der Waals surface area contributed by atoms with Gasteiger partial charge in [0.2, 0.25) is 0 Å². The molecular weight excluding hydrogens is 418 g/mol. The molecule has 0 amide bonds. The van der Waals surface area contributed by atoms with Gasteiger partial charge >= 0.3 is 0 Å². The van der Waals surface area contributed by atoms with E-state index in [4.69, 9.17) is 9.47 Å². The topological polar surface area (TPSA) is 45.8 Å². The highest BCUT2D eigenvalue weighted by Crippen LogP contribution is 2.37. The summed E-state index contributed by atoms with van der Waals surface area (Å²) in [6, 6.07) is 12.4. The Kier molecular flexibility index (Phi) is 8.15. The van der Waals surface area contributed by atoms with Gasteiger partial charge < -0.3 is 20.1 Å². The number of ether oxygens (including phenoxy) is 2. The predicted octanol–water partition coefficient (Wildman–Crippen LogP) is 3.34. The van der Waals surface area contributed by atoms with E-state index in [0.717, 1.165) is 61.8 Å². The zero-order chi connectivity index (χ0) is 19.8. The van der Waals surface area contributed by atoms with E-state index >= 15 is 0 Å². The number of hydrogen-bond acceptors (Lipinski definition) is 5. The molecule has 0 atom stereocenters. The van der Waals surface area contributed by atoms with E-state index in [2.05, 4.69) is 62.7 Å². The predicted molar refractivity (Wildman–Crippen MR) is 117 cm³/mol. The number of benzene rings is 2. The normalized spacial score (nSPS) is 14.8. The maximum Gasteiger partial charge on any atom is 0.175 e. The summed E-state index contributed by atoms with van der Waals surface area (Å²) >= 11 is 3.65. The van der Waals surface area contributed by atoms with Gasteiger partial charge in [-0.25, -0.2) is 0 Å². The summed E-state index contributed by atoms with van der Waals surface area (Å²) in [5, 5.41) is 6.92. The van der Waals surface area contributed by atoms with Crippen LogP contribution in [0.3, 0.4) is 0 Å². The number of hydrogen-bond donors (Lipinski definition) is 2. The minimum absolute atomic E-state index is 0.518. The van der Waals surface area contributed by atoms with Gasteiger partial charge in [0.25, 0.3) is 0 Å². The van der Waals surface area contributed by atoms with Crippen molar-refractivity contribution in [3.8, 4) is 11.5 Å². The van der Waals surface area contributed by atoms with Crippen LogP contribution in [0.4, 0.5) is 0 Å². The minimum Gasteiger partial charge on any atom is -0.493 e. The third-order valence-electron chi connectivity index (χ3n) is 5.07. The number of methoxy groups -OCH3 is 1. The Bertz CT molecular complexity index is 763. The van der Waals surface area contributed by atoms with Gasteiger partial charge in [-0.2, -0.15) is 0 Å². The van der Waals surface area contributed by atoms with Gasteiger partial charge in [-0.1, -0.05) is 24.3 Å². The van der Waals surface area contributed by atoms with Crippen LogP contribution in [0.5, 0.6) is 11.5 Å². The van der Waals surface area contributed by atoms with Crippen LogP contribution in [0.1, 0.15) is 16.7 Å². The smallest absolute Gasteiger partial charge is 0.175 e. The highest BCUT2D eigenvalue weighted by molar-refractivity contribution is 9.10. The second-order valence-corrected chi connectivity index (χ2v) is 7.95. The summed E-state index contributed by atoms with van der Waals surface area (Å²) in [5.74, 6) is 1.50. The number of halogens is 1. The fraction of sp³-hybridized carbons (Fsp3) is 0.455. The fourth-order valence-electron chi connectivity index (χ4n) is 3.34. The number of nitrogens with zero attached hydrogens (tertiary/aromatic N) is 1. The standard InChI is InChI=1S/C22H30BrN3O2/c1-17-5-3-4-6-19(17)16-28-22-20(23)13-18(14-21(22)27-2)15-25-9-12-26-10-7-24-8-11-26/h3-6,13-14,24-25H,7-12,15-16H2,1-2H3. The average Bonchev–Trinajstić information content (AvgIpc) is 2.72. The lowest BCUT2D eigenvalue weighted by molar-refractivity contribution is 0.241. The van der Waals surface area contributed by atoms with E-state index in [-0.39, 0.29) is 0 Å². The molecule has 6 heteroatoms. The van der Waals surface area contributed by atoms with Crippen LogP contribution in [-0.4, -0.2) is 51.3 Å². The van der Waals surface area contributed by atoms with Gasteiger partial charge in [-0.05, 0) is 51.7 Å². The van der Waals surface area contributed by atoms with E-state index in [1.54, 1.807) is 7.11 Å². The van der Waals surface area contributed by atoms with Crippen LogP contribution in [0.25, 0.3) is 0 Å². The lowest BCUT2D eigenvalue weighted by Crippen LogP contribution is -2.45. The maximum absolute atomic E-state index is 6.08. The van der Waals surface area contributed by atoms with E-state index in [0.29, 0.717) is 6.61 Å². The van der Waals surface area contributed by atoms with Gasteiger partial charge in [0, 0.05) is 45.8 Å². The average molecular weight is 448 g/mol. The molecule has 0 aliphatic carbocycles. The van der Waals surface area contributed by atoms with Gasteiger partial charge in [-0.15, -0.1) is 0 Å². The molecule has 1 aliphatic heterocycles. The summed E-state index contributed by atoms with van der Waals surface area (Å²) in [5.41, 5.74) is 3.57. The molecule has 0 aromatic heterocycles. The first-order chi connectivity index (χ1) is 13.7. The molecule has 0 spiro atoms. The van der Waals surface area contributed by atoms with E-state index in [9.17, 15) is 0 Å². The van der Waals surface area contributed by atoms with E-state index in [1.165, 1.54) is 16.7 Å². The minimum atomic E-state index is 0.518.